The second kappa shape index (κ2) is 11.2. The topological polar surface area (TPSA) is 112 Å². The molecule has 0 saturated carbocycles. The molecule has 0 bridgehead atoms. The number of rotatable bonds is 8. The molecule has 5 aromatic rings. The zero-order valence-electron chi connectivity index (χ0n) is 21.1. The Morgan fingerprint density at radius 2 is 1.62 bits per heavy atom. The van der Waals surface area contributed by atoms with Crippen molar-refractivity contribution in [2.45, 2.75) is 13.5 Å². The molecule has 0 aliphatic rings. The van der Waals surface area contributed by atoms with Crippen LogP contribution in [0.25, 0.3) is 10.2 Å². The number of nitrogens with one attached hydrogen (secondary N) is 2. The van der Waals surface area contributed by atoms with Crippen LogP contribution in [0.4, 0.5) is 11.4 Å². The Balaban J connectivity index is 1.31. The number of fused-ring (bicyclic) bond motifs is 1. The minimum absolute atomic E-state index is 0.242. The van der Waals surface area contributed by atoms with E-state index in [1.165, 1.54) is 18.0 Å². The van der Waals surface area contributed by atoms with E-state index in [2.05, 4.69) is 15.6 Å². The van der Waals surface area contributed by atoms with Gasteiger partial charge in [-0.2, -0.15) is 0 Å². The van der Waals surface area contributed by atoms with Gasteiger partial charge in [0.25, 0.3) is 11.5 Å². The third-order valence-corrected chi connectivity index (χ3v) is 7.11. The summed E-state index contributed by atoms with van der Waals surface area (Å²) in [6.07, 6.45) is 1.32. The Bertz CT molecular complexity index is 1710. The van der Waals surface area contributed by atoms with Gasteiger partial charge in [-0.05, 0) is 61.0 Å². The Morgan fingerprint density at radius 1 is 0.923 bits per heavy atom. The van der Waals surface area contributed by atoms with Gasteiger partial charge in [-0.25, -0.2) is 4.98 Å². The fourth-order valence-corrected chi connectivity index (χ4v) is 5.03. The summed E-state index contributed by atoms with van der Waals surface area (Å²) in [5, 5.41) is 5.91. The molecule has 0 aliphatic heterocycles. The minimum atomic E-state index is -0.409. The third-order valence-electron chi connectivity index (χ3n) is 5.91. The molecule has 0 fully saturated rings. The Labute approximate surface area is 227 Å². The van der Waals surface area contributed by atoms with Gasteiger partial charge in [-0.1, -0.05) is 30.3 Å². The van der Waals surface area contributed by atoms with Crippen molar-refractivity contribution in [3.05, 3.63) is 106 Å². The average molecular weight is 541 g/mol. The van der Waals surface area contributed by atoms with E-state index in [0.29, 0.717) is 49.3 Å². The molecule has 3 aromatic carbocycles. The number of aryl methyl sites for hydroxylation is 1. The van der Waals surface area contributed by atoms with E-state index >= 15 is 0 Å². The van der Waals surface area contributed by atoms with Crippen molar-refractivity contribution in [2.24, 2.45) is 0 Å². The molecule has 0 unspecified atom stereocenters. The number of hydrogen-bond acceptors (Lipinski definition) is 7. The number of anilines is 2. The van der Waals surface area contributed by atoms with Crippen molar-refractivity contribution in [2.75, 3.05) is 17.7 Å². The Hall–Kier alpha value is -4.96. The molecule has 196 valence electrons. The number of methoxy groups -OCH3 is 1. The van der Waals surface area contributed by atoms with Crippen LogP contribution in [0, 0.1) is 6.92 Å². The second-order valence-corrected chi connectivity index (χ2v) is 9.56. The summed E-state index contributed by atoms with van der Waals surface area (Å²) in [6, 6.07) is 23.4. The summed E-state index contributed by atoms with van der Waals surface area (Å²) in [5.41, 5.74) is 1.19. The van der Waals surface area contributed by atoms with Crippen LogP contribution < -0.4 is 25.7 Å². The molecule has 0 saturated heterocycles. The van der Waals surface area contributed by atoms with Crippen LogP contribution in [0.5, 0.6) is 17.2 Å². The zero-order valence-corrected chi connectivity index (χ0v) is 22.0. The van der Waals surface area contributed by atoms with Crippen LogP contribution in [0.15, 0.2) is 90.0 Å². The van der Waals surface area contributed by atoms with Gasteiger partial charge in [0.2, 0.25) is 5.91 Å². The van der Waals surface area contributed by atoms with Gasteiger partial charge in [0.15, 0.2) is 0 Å². The number of carbonyl (C=O) groups is 2. The molecule has 39 heavy (non-hydrogen) atoms. The molecule has 0 aliphatic carbocycles. The first-order chi connectivity index (χ1) is 18.9. The maximum absolute atomic E-state index is 13.2. The number of carbonyl (C=O) groups excluding carboxylic acids is 2. The predicted molar refractivity (Wildman–Crippen MR) is 151 cm³/mol. The lowest BCUT2D eigenvalue weighted by Crippen LogP contribution is -2.28. The van der Waals surface area contributed by atoms with Crippen LogP contribution in [-0.2, 0) is 11.3 Å². The van der Waals surface area contributed by atoms with Gasteiger partial charge in [0, 0.05) is 5.69 Å². The number of benzene rings is 3. The van der Waals surface area contributed by atoms with Crippen molar-refractivity contribution >= 4 is 44.7 Å². The predicted octanol–water partition coefficient (Wildman–Crippen LogP) is 5.46. The monoisotopic (exact) mass is 540 g/mol. The van der Waals surface area contributed by atoms with Crippen LogP contribution in [-0.4, -0.2) is 28.5 Å². The average Bonchev–Trinajstić information content (AvgIpc) is 3.29. The summed E-state index contributed by atoms with van der Waals surface area (Å²) in [7, 11) is 1.51. The highest BCUT2D eigenvalue weighted by molar-refractivity contribution is 7.20. The van der Waals surface area contributed by atoms with Crippen molar-refractivity contribution < 1.29 is 19.1 Å². The lowest BCUT2D eigenvalue weighted by atomic mass is 10.2. The number of ether oxygens (including phenoxy) is 2. The van der Waals surface area contributed by atoms with Crippen LogP contribution in [0.2, 0.25) is 0 Å². The first kappa shape index (κ1) is 25.7. The van der Waals surface area contributed by atoms with Gasteiger partial charge >= 0.3 is 0 Å². The highest BCUT2D eigenvalue weighted by Gasteiger charge is 2.20. The number of hydrogen-bond donors (Lipinski definition) is 2. The Morgan fingerprint density at radius 3 is 2.36 bits per heavy atom. The number of aromatic nitrogens is 2. The van der Waals surface area contributed by atoms with E-state index in [0.717, 1.165) is 11.3 Å². The van der Waals surface area contributed by atoms with Crippen LogP contribution in [0.1, 0.15) is 15.2 Å². The quantitative estimate of drug-likeness (QED) is 0.270. The van der Waals surface area contributed by atoms with Gasteiger partial charge < -0.3 is 20.1 Å². The second-order valence-electron chi connectivity index (χ2n) is 8.56. The van der Waals surface area contributed by atoms with E-state index < -0.39 is 11.5 Å². The molecule has 0 spiro atoms. The number of para-hydroxylation sites is 3. The minimum Gasteiger partial charge on any atom is -0.495 e. The van der Waals surface area contributed by atoms with E-state index in [9.17, 15) is 14.4 Å². The largest absolute Gasteiger partial charge is 0.495 e. The fourth-order valence-electron chi connectivity index (χ4n) is 4.00. The first-order valence-corrected chi connectivity index (χ1v) is 12.8. The summed E-state index contributed by atoms with van der Waals surface area (Å²) < 4.78 is 12.3. The first-order valence-electron chi connectivity index (χ1n) is 12.0. The van der Waals surface area contributed by atoms with Crippen molar-refractivity contribution in [3.8, 4) is 17.2 Å². The van der Waals surface area contributed by atoms with Crippen molar-refractivity contribution in [1.82, 2.24) is 9.55 Å². The van der Waals surface area contributed by atoms with Crippen LogP contribution >= 0.6 is 11.3 Å². The summed E-state index contributed by atoms with van der Waals surface area (Å²) >= 11 is 1.13. The smallest absolute Gasteiger partial charge is 0.266 e. The van der Waals surface area contributed by atoms with E-state index in [-0.39, 0.29) is 12.5 Å². The van der Waals surface area contributed by atoms with Crippen LogP contribution in [0.3, 0.4) is 0 Å². The molecule has 0 atom stereocenters. The van der Waals surface area contributed by atoms with Gasteiger partial charge in [-0.3, -0.25) is 19.0 Å². The standard InChI is InChI=1S/C29H24N4O5S/c1-18-25-28(30-17-33(29(25)36)16-24(34)32-22-10-6-7-11-23(22)37-2)39-26(18)27(35)31-19-12-14-21(15-13-19)38-20-8-4-3-5-9-20/h3-15,17H,16H2,1-2H3,(H,31,35)(H,32,34). The molecule has 9 nitrogen and oxygen atoms in total. The van der Waals surface area contributed by atoms with Gasteiger partial charge in [0.1, 0.15) is 28.6 Å². The van der Waals surface area contributed by atoms with E-state index in [1.54, 1.807) is 55.5 Å². The lowest BCUT2D eigenvalue weighted by Gasteiger charge is -2.10. The van der Waals surface area contributed by atoms with Crippen molar-refractivity contribution in [1.29, 1.82) is 0 Å². The molecule has 0 radical (unpaired) electrons. The maximum Gasteiger partial charge on any atom is 0.266 e. The highest BCUT2D eigenvalue weighted by Crippen LogP contribution is 2.29. The molecule has 2 amide bonds. The normalized spacial score (nSPS) is 10.7. The third kappa shape index (κ3) is 5.65. The lowest BCUT2D eigenvalue weighted by molar-refractivity contribution is -0.116. The van der Waals surface area contributed by atoms with E-state index in [1.807, 2.05) is 30.3 Å². The molecule has 5 rings (SSSR count). The maximum atomic E-state index is 13.2. The summed E-state index contributed by atoms with van der Waals surface area (Å²) in [4.78, 5) is 44.1. The van der Waals surface area contributed by atoms with E-state index in [4.69, 9.17) is 9.47 Å². The molecule has 2 aromatic heterocycles. The van der Waals surface area contributed by atoms with Gasteiger partial charge in [-0.15, -0.1) is 11.3 Å². The Kier molecular flexibility index (Phi) is 7.37. The SMILES string of the molecule is COc1ccccc1NC(=O)Cn1cnc2sc(C(=O)Nc3ccc(Oc4ccccc4)cc3)c(C)c2c1=O. The molecule has 2 heterocycles. The highest BCUT2D eigenvalue weighted by atomic mass is 32.1. The molecule has 10 heteroatoms. The van der Waals surface area contributed by atoms with Crippen molar-refractivity contribution in [3.63, 3.8) is 0 Å². The number of nitrogens with zero attached hydrogens (tertiary/aromatic N) is 2. The fraction of sp³-hybridized carbons (Fsp3) is 0.103. The molecular weight excluding hydrogens is 516 g/mol. The number of amides is 2. The molecule has 2 N–H and O–H groups in total. The zero-order chi connectivity index (χ0) is 27.4. The summed E-state index contributed by atoms with van der Waals surface area (Å²) in [6.45, 7) is 1.46. The molecular formula is C29H24N4O5S. The number of thiophene rings is 1. The van der Waals surface area contributed by atoms with Gasteiger partial charge in [0.05, 0.1) is 29.4 Å². The summed E-state index contributed by atoms with van der Waals surface area (Å²) in [5.74, 6) is 1.09.